The highest BCUT2D eigenvalue weighted by Gasteiger charge is 2.47. The molecule has 3 aliphatic rings. The van der Waals surface area contributed by atoms with Gasteiger partial charge in [-0.25, -0.2) is 0 Å². The van der Waals surface area contributed by atoms with Crippen LogP contribution < -0.4 is 14.4 Å². The summed E-state index contributed by atoms with van der Waals surface area (Å²) in [6, 6.07) is 7.97. The van der Waals surface area contributed by atoms with Crippen molar-refractivity contribution in [3.05, 3.63) is 40.6 Å². The molecule has 0 N–H and O–H groups in total. The van der Waals surface area contributed by atoms with Crippen LogP contribution in [0.15, 0.2) is 35.0 Å². The van der Waals surface area contributed by atoms with Crippen LogP contribution in [0.25, 0.3) is 0 Å². The van der Waals surface area contributed by atoms with E-state index in [2.05, 4.69) is 21.7 Å². The second kappa shape index (κ2) is 5.75. The Kier molecular flexibility index (Phi) is 3.50. The van der Waals surface area contributed by atoms with Gasteiger partial charge in [-0.05, 0) is 47.5 Å². The van der Waals surface area contributed by atoms with E-state index >= 15 is 0 Å². The van der Waals surface area contributed by atoms with Gasteiger partial charge in [-0.1, -0.05) is 0 Å². The van der Waals surface area contributed by atoms with Gasteiger partial charge in [0.15, 0.2) is 11.5 Å². The smallest absolute Gasteiger partial charge is 0.231 e. The van der Waals surface area contributed by atoms with Gasteiger partial charge in [-0.15, -0.1) is 0 Å². The monoisotopic (exact) mass is 356 g/mol. The fraction of sp³-hybridized carbons (Fsp3) is 0.421. The quantitative estimate of drug-likeness (QED) is 0.847. The lowest BCUT2D eigenvalue weighted by atomic mass is 9.86. The van der Waals surface area contributed by atoms with E-state index in [1.807, 2.05) is 23.1 Å². The molecule has 5 nitrogen and oxygen atoms in total. The fourth-order valence-electron chi connectivity index (χ4n) is 4.26. The molecule has 0 saturated carbocycles. The molecule has 0 unspecified atom stereocenters. The third-order valence-electron chi connectivity index (χ3n) is 5.49. The number of hydrogen-bond donors (Lipinski definition) is 0. The predicted octanol–water partition coefficient (Wildman–Crippen LogP) is 3.11. The van der Waals surface area contributed by atoms with Crippen LogP contribution in [0.3, 0.4) is 0 Å². The van der Waals surface area contributed by atoms with Gasteiger partial charge < -0.3 is 14.4 Å². The summed E-state index contributed by atoms with van der Waals surface area (Å²) in [6.07, 6.45) is 1.73. The standard InChI is InChI=1S/C19H20N2O3S/c22-18-8-19(4-5-20(11-19)9-14-3-6-25-10-14)12-21(18)15-1-2-16-17(7-15)24-13-23-16/h1-3,6-7,10H,4-5,8-9,11-13H2/t19-/m1/s1. The fourth-order valence-corrected chi connectivity index (χ4v) is 4.92. The third-order valence-corrected chi connectivity index (χ3v) is 6.22. The minimum Gasteiger partial charge on any atom is -0.454 e. The number of anilines is 1. The van der Waals surface area contributed by atoms with Crippen LogP contribution in [-0.2, 0) is 11.3 Å². The molecule has 25 heavy (non-hydrogen) atoms. The largest absolute Gasteiger partial charge is 0.454 e. The molecule has 2 saturated heterocycles. The molecule has 1 spiro atoms. The number of thiophene rings is 1. The Bertz CT molecular complexity index is 807. The number of carbonyl (C=O) groups is 1. The van der Waals surface area contributed by atoms with Gasteiger partial charge in [0.25, 0.3) is 0 Å². The lowest BCUT2D eigenvalue weighted by Gasteiger charge is -2.24. The number of benzene rings is 1. The molecule has 1 amide bonds. The van der Waals surface area contributed by atoms with E-state index in [0.29, 0.717) is 6.42 Å². The summed E-state index contributed by atoms with van der Waals surface area (Å²) in [5.74, 6) is 1.71. The number of ether oxygens (including phenoxy) is 2. The number of likely N-dealkylation sites (tertiary alicyclic amines) is 1. The maximum atomic E-state index is 12.7. The first-order chi connectivity index (χ1) is 12.2. The van der Waals surface area contributed by atoms with Crippen molar-refractivity contribution in [3.63, 3.8) is 0 Å². The van der Waals surface area contributed by atoms with Crippen molar-refractivity contribution in [2.75, 3.05) is 31.3 Å². The van der Waals surface area contributed by atoms with E-state index in [0.717, 1.165) is 49.8 Å². The Balaban J connectivity index is 1.32. The van der Waals surface area contributed by atoms with Gasteiger partial charge in [-0.3, -0.25) is 9.69 Å². The van der Waals surface area contributed by atoms with Crippen LogP contribution in [0, 0.1) is 5.41 Å². The number of nitrogens with zero attached hydrogens (tertiary/aromatic N) is 2. The number of carbonyl (C=O) groups excluding carboxylic acids is 1. The topological polar surface area (TPSA) is 42.0 Å². The van der Waals surface area contributed by atoms with Crippen LogP contribution >= 0.6 is 11.3 Å². The first-order valence-corrected chi connectivity index (χ1v) is 9.59. The molecule has 2 aromatic rings. The van der Waals surface area contributed by atoms with Crippen molar-refractivity contribution in [2.45, 2.75) is 19.4 Å². The zero-order chi connectivity index (χ0) is 16.9. The van der Waals surface area contributed by atoms with E-state index in [9.17, 15) is 4.79 Å². The Labute approximate surface area is 150 Å². The lowest BCUT2D eigenvalue weighted by Crippen LogP contribution is -2.31. The van der Waals surface area contributed by atoms with E-state index in [4.69, 9.17) is 9.47 Å². The van der Waals surface area contributed by atoms with Gasteiger partial charge in [0.2, 0.25) is 12.7 Å². The molecule has 1 atom stereocenters. The van der Waals surface area contributed by atoms with Gasteiger partial charge in [0.1, 0.15) is 0 Å². The second-order valence-corrected chi connectivity index (χ2v) is 8.07. The van der Waals surface area contributed by atoms with Crippen molar-refractivity contribution >= 4 is 22.9 Å². The van der Waals surface area contributed by atoms with Crippen LogP contribution in [-0.4, -0.2) is 37.2 Å². The number of rotatable bonds is 3. The summed E-state index contributed by atoms with van der Waals surface area (Å²) < 4.78 is 10.8. The van der Waals surface area contributed by atoms with Gasteiger partial charge >= 0.3 is 0 Å². The SMILES string of the molecule is O=C1C[C@@]2(CCN(Cc3ccsc3)C2)CN1c1ccc2c(c1)OCO2. The highest BCUT2D eigenvalue weighted by atomic mass is 32.1. The van der Waals surface area contributed by atoms with Gasteiger partial charge in [-0.2, -0.15) is 11.3 Å². The number of hydrogen-bond acceptors (Lipinski definition) is 5. The average molecular weight is 356 g/mol. The van der Waals surface area contributed by atoms with Crippen LogP contribution in [0.4, 0.5) is 5.69 Å². The van der Waals surface area contributed by atoms with Crippen molar-refractivity contribution in [2.24, 2.45) is 5.41 Å². The lowest BCUT2D eigenvalue weighted by molar-refractivity contribution is -0.117. The van der Waals surface area contributed by atoms with Crippen molar-refractivity contribution in [1.29, 1.82) is 0 Å². The zero-order valence-corrected chi connectivity index (χ0v) is 14.8. The summed E-state index contributed by atoms with van der Waals surface area (Å²) in [5, 5.41) is 4.34. The Hall–Kier alpha value is -2.05. The predicted molar refractivity (Wildman–Crippen MR) is 96.2 cm³/mol. The molecule has 0 radical (unpaired) electrons. The molecular weight excluding hydrogens is 336 g/mol. The maximum absolute atomic E-state index is 12.7. The van der Waals surface area contributed by atoms with Crippen molar-refractivity contribution in [3.8, 4) is 11.5 Å². The summed E-state index contributed by atoms with van der Waals surface area (Å²) in [6.45, 7) is 4.11. The number of amides is 1. The van der Waals surface area contributed by atoms with E-state index in [1.54, 1.807) is 11.3 Å². The Morgan fingerprint density at radius 3 is 2.96 bits per heavy atom. The molecule has 3 aliphatic heterocycles. The molecule has 0 bridgehead atoms. The highest BCUT2D eigenvalue weighted by molar-refractivity contribution is 7.07. The van der Waals surface area contributed by atoms with Gasteiger partial charge in [0, 0.05) is 43.2 Å². The Morgan fingerprint density at radius 2 is 2.08 bits per heavy atom. The summed E-state index contributed by atoms with van der Waals surface area (Å²) in [5.41, 5.74) is 2.38. The molecular formula is C19H20N2O3S. The van der Waals surface area contributed by atoms with Crippen LogP contribution in [0.2, 0.25) is 0 Å². The highest BCUT2D eigenvalue weighted by Crippen LogP contribution is 2.44. The minimum absolute atomic E-state index is 0.0868. The molecule has 4 heterocycles. The molecule has 1 aromatic carbocycles. The second-order valence-electron chi connectivity index (χ2n) is 7.29. The molecule has 1 aromatic heterocycles. The Morgan fingerprint density at radius 1 is 1.16 bits per heavy atom. The van der Waals surface area contributed by atoms with E-state index in [1.165, 1.54) is 5.56 Å². The van der Waals surface area contributed by atoms with Crippen molar-refractivity contribution in [1.82, 2.24) is 4.90 Å². The first kappa shape index (κ1) is 15.2. The first-order valence-electron chi connectivity index (χ1n) is 8.64. The van der Waals surface area contributed by atoms with E-state index in [-0.39, 0.29) is 18.1 Å². The molecule has 2 fully saturated rings. The summed E-state index contributed by atoms with van der Waals surface area (Å²) in [4.78, 5) is 17.1. The average Bonchev–Trinajstić information content (AvgIpc) is 3.37. The van der Waals surface area contributed by atoms with Crippen molar-refractivity contribution < 1.29 is 14.3 Å². The molecule has 130 valence electrons. The normalized spacial score (nSPS) is 25.4. The maximum Gasteiger partial charge on any atom is 0.231 e. The number of fused-ring (bicyclic) bond motifs is 1. The van der Waals surface area contributed by atoms with E-state index < -0.39 is 0 Å². The van der Waals surface area contributed by atoms with Gasteiger partial charge in [0.05, 0.1) is 0 Å². The van der Waals surface area contributed by atoms with Crippen LogP contribution in [0.1, 0.15) is 18.4 Å². The molecule has 5 rings (SSSR count). The summed E-state index contributed by atoms with van der Waals surface area (Å²) in [7, 11) is 0. The zero-order valence-electron chi connectivity index (χ0n) is 13.9. The molecule has 6 heteroatoms. The minimum atomic E-state index is 0.0868. The van der Waals surface area contributed by atoms with Crippen LogP contribution in [0.5, 0.6) is 11.5 Å². The molecule has 0 aliphatic carbocycles. The summed E-state index contributed by atoms with van der Waals surface area (Å²) >= 11 is 1.74. The third kappa shape index (κ3) is 2.69.